The summed E-state index contributed by atoms with van der Waals surface area (Å²) < 4.78 is 1.68. The van der Waals surface area contributed by atoms with E-state index in [1.54, 1.807) is 4.68 Å². The molecule has 0 spiro atoms. The molecule has 13 heavy (non-hydrogen) atoms. The van der Waals surface area contributed by atoms with E-state index in [1.165, 1.54) is 11.8 Å². The van der Waals surface area contributed by atoms with Gasteiger partial charge < -0.3 is 0 Å². The van der Waals surface area contributed by atoms with E-state index in [-0.39, 0.29) is 0 Å². The first-order chi connectivity index (χ1) is 6.27. The molecule has 0 N–H and O–H groups in total. The summed E-state index contributed by atoms with van der Waals surface area (Å²) in [5.41, 5.74) is 0. The quantitative estimate of drug-likeness (QED) is 0.526. The van der Waals surface area contributed by atoms with Crippen LogP contribution < -0.4 is 0 Å². The second kappa shape index (κ2) is 4.59. The van der Waals surface area contributed by atoms with E-state index in [0.29, 0.717) is 17.5 Å². The van der Waals surface area contributed by atoms with Gasteiger partial charge in [0, 0.05) is 0 Å². The molecule has 1 heterocycles. The van der Waals surface area contributed by atoms with E-state index in [4.69, 9.17) is 12.8 Å². The number of thioether (sulfide) groups is 1. The minimum Gasteiger partial charge on any atom is -0.237 e. The summed E-state index contributed by atoms with van der Waals surface area (Å²) >= 11 is 1.43. The Hall–Kier alpha value is -1.39. The van der Waals surface area contributed by atoms with Gasteiger partial charge in [0.25, 0.3) is 0 Å². The van der Waals surface area contributed by atoms with Crippen LogP contribution in [0.25, 0.3) is 0 Å². The lowest BCUT2D eigenvalue weighted by Crippen LogP contribution is -2.00. The van der Waals surface area contributed by atoms with Crippen LogP contribution >= 0.6 is 11.8 Å². The highest BCUT2D eigenvalue weighted by Crippen LogP contribution is 2.12. The molecular formula is C9H9N3S. The Morgan fingerprint density at radius 1 is 1.46 bits per heavy atom. The third-order valence-electron chi connectivity index (χ3n) is 1.36. The summed E-state index contributed by atoms with van der Waals surface area (Å²) in [5, 5.41) is 4.85. The van der Waals surface area contributed by atoms with Crippen molar-refractivity contribution < 1.29 is 0 Å². The molecule has 0 atom stereocenters. The standard InChI is InChI=1S/C9H9N3S/c1-4-6-12-8(3)10-9(11-12)13-7-5-2/h1-2H,6-7H2,3H3. The second-order valence-corrected chi connectivity index (χ2v) is 3.24. The van der Waals surface area contributed by atoms with E-state index in [2.05, 4.69) is 21.9 Å². The van der Waals surface area contributed by atoms with Gasteiger partial charge in [0.15, 0.2) is 0 Å². The first-order valence-corrected chi connectivity index (χ1v) is 4.67. The number of aryl methyl sites for hydroxylation is 1. The third-order valence-corrected chi connectivity index (χ3v) is 2.11. The smallest absolute Gasteiger partial charge is 0.209 e. The fourth-order valence-corrected chi connectivity index (χ4v) is 1.36. The molecule has 4 heteroatoms. The van der Waals surface area contributed by atoms with Gasteiger partial charge in [-0.1, -0.05) is 23.6 Å². The van der Waals surface area contributed by atoms with Gasteiger partial charge >= 0.3 is 0 Å². The predicted octanol–water partition coefficient (Wildman–Crippen LogP) is 0.945. The molecular weight excluding hydrogens is 182 g/mol. The molecule has 0 aliphatic heterocycles. The fraction of sp³-hybridized carbons (Fsp3) is 0.333. The van der Waals surface area contributed by atoms with Crippen molar-refractivity contribution in [1.82, 2.24) is 14.8 Å². The fourth-order valence-electron chi connectivity index (χ4n) is 0.798. The number of nitrogens with zero attached hydrogens (tertiary/aromatic N) is 3. The van der Waals surface area contributed by atoms with Crippen LogP contribution in [0.3, 0.4) is 0 Å². The lowest BCUT2D eigenvalue weighted by atomic mass is 10.6. The highest BCUT2D eigenvalue weighted by molar-refractivity contribution is 7.99. The largest absolute Gasteiger partial charge is 0.237 e. The zero-order valence-electron chi connectivity index (χ0n) is 7.32. The molecule has 1 rings (SSSR count). The van der Waals surface area contributed by atoms with Crippen LogP contribution in [0.5, 0.6) is 0 Å². The van der Waals surface area contributed by atoms with Gasteiger partial charge in [-0.15, -0.1) is 17.9 Å². The van der Waals surface area contributed by atoms with Gasteiger partial charge in [-0.05, 0) is 6.92 Å². The van der Waals surface area contributed by atoms with E-state index in [0.717, 1.165) is 5.82 Å². The van der Waals surface area contributed by atoms with Gasteiger partial charge in [0.2, 0.25) is 5.16 Å². The maximum absolute atomic E-state index is 5.16. The summed E-state index contributed by atoms with van der Waals surface area (Å²) in [6.45, 7) is 2.32. The Kier molecular flexibility index (Phi) is 3.42. The lowest BCUT2D eigenvalue weighted by Gasteiger charge is -1.92. The Labute approximate surface area is 81.9 Å². The van der Waals surface area contributed by atoms with Crippen LogP contribution in [0.2, 0.25) is 0 Å². The minimum atomic E-state index is 0.454. The van der Waals surface area contributed by atoms with E-state index >= 15 is 0 Å². The van der Waals surface area contributed by atoms with Gasteiger partial charge in [0.1, 0.15) is 12.4 Å². The minimum absolute atomic E-state index is 0.454. The molecule has 0 aliphatic rings. The van der Waals surface area contributed by atoms with Crippen LogP contribution in [-0.2, 0) is 6.54 Å². The molecule has 0 saturated carbocycles. The summed E-state index contributed by atoms with van der Waals surface area (Å²) in [5.74, 6) is 6.42. The molecule has 0 saturated heterocycles. The number of aromatic nitrogens is 3. The maximum atomic E-state index is 5.16. The zero-order valence-corrected chi connectivity index (χ0v) is 8.14. The van der Waals surface area contributed by atoms with Gasteiger partial charge in [-0.3, -0.25) is 0 Å². The molecule has 0 radical (unpaired) electrons. The van der Waals surface area contributed by atoms with E-state index in [1.807, 2.05) is 6.92 Å². The molecule has 0 aromatic carbocycles. The van der Waals surface area contributed by atoms with Crippen LogP contribution in [0.15, 0.2) is 5.16 Å². The predicted molar refractivity (Wildman–Crippen MR) is 53.1 cm³/mol. The molecule has 1 aromatic heterocycles. The van der Waals surface area contributed by atoms with Crippen molar-refractivity contribution in [2.45, 2.75) is 18.6 Å². The van der Waals surface area contributed by atoms with Crippen molar-refractivity contribution in [3.8, 4) is 24.7 Å². The SMILES string of the molecule is C#CCSc1nc(C)n(CC#C)n1. The summed E-state index contributed by atoms with van der Waals surface area (Å²) in [6, 6.07) is 0. The van der Waals surface area contributed by atoms with Crippen molar-refractivity contribution in [2.75, 3.05) is 5.75 Å². The average molecular weight is 191 g/mol. The van der Waals surface area contributed by atoms with E-state index < -0.39 is 0 Å². The molecule has 1 aromatic rings. The monoisotopic (exact) mass is 191 g/mol. The normalized spacial score (nSPS) is 9.15. The number of terminal acetylenes is 2. The highest BCUT2D eigenvalue weighted by Gasteiger charge is 2.03. The third kappa shape index (κ3) is 2.54. The van der Waals surface area contributed by atoms with Gasteiger partial charge in [-0.25, -0.2) is 9.67 Å². The zero-order chi connectivity index (χ0) is 9.68. The second-order valence-electron chi connectivity index (χ2n) is 2.30. The van der Waals surface area contributed by atoms with Crippen LogP contribution in [0, 0.1) is 31.6 Å². The molecule has 0 unspecified atom stereocenters. The molecule has 0 amide bonds. The summed E-state index contributed by atoms with van der Waals surface area (Å²) in [4.78, 5) is 4.19. The van der Waals surface area contributed by atoms with E-state index in [9.17, 15) is 0 Å². The number of hydrogen-bond acceptors (Lipinski definition) is 3. The topological polar surface area (TPSA) is 30.7 Å². The summed E-state index contributed by atoms with van der Waals surface area (Å²) in [7, 11) is 0. The molecule has 66 valence electrons. The van der Waals surface area contributed by atoms with Gasteiger partial charge in [0.05, 0.1) is 5.75 Å². The van der Waals surface area contributed by atoms with Crippen molar-refractivity contribution >= 4 is 11.8 Å². The summed E-state index contributed by atoms with van der Waals surface area (Å²) in [6.07, 6.45) is 10.3. The Morgan fingerprint density at radius 3 is 2.85 bits per heavy atom. The highest BCUT2D eigenvalue weighted by atomic mass is 32.2. The molecule has 0 aliphatic carbocycles. The van der Waals surface area contributed by atoms with Crippen LogP contribution in [-0.4, -0.2) is 20.5 Å². The maximum Gasteiger partial charge on any atom is 0.209 e. The first-order valence-electron chi connectivity index (χ1n) is 3.69. The number of hydrogen-bond donors (Lipinski definition) is 0. The lowest BCUT2D eigenvalue weighted by molar-refractivity contribution is 0.671. The Bertz CT molecular complexity index is 367. The van der Waals surface area contributed by atoms with Crippen molar-refractivity contribution in [2.24, 2.45) is 0 Å². The first kappa shape index (κ1) is 9.70. The Morgan fingerprint density at radius 2 is 2.23 bits per heavy atom. The van der Waals surface area contributed by atoms with Crippen LogP contribution in [0.4, 0.5) is 0 Å². The number of rotatable bonds is 3. The van der Waals surface area contributed by atoms with Crippen molar-refractivity contribution in [3.63, 3.8) is 0 Å². The van der Waals surface area contributed by atoms with Gasteiger partial charge in [-0.2, -0.15) is 0 Å². The molecule has 3 nitrogen and oxygen atoms in total. The van der Waals surface area contributed by atoms with Crippen molar-refractivity contribution in [3.05, 3.63) is 5.82 Å². The van der Waals surface area contributed by atoms with Crippen LogP contribution in [0.1, 0.15) is 5.82 Å². The average Bonchev–Trinajstić information content (AvgIpc) is 2.45. The molecule has 0 bridgehead atoms. The molecule has 0 fully saturated rings. The van der Waals surface area contributed by atoms with Crippen molar-refractivity contribution in [1.29, 1.82) is 0 Å². The Balaban J connectivity index is 2.73.